The zero-order valence-electron chi connectivity index (χ0n) is 13.3. The predicted molar refractivity (Wildman–Crippen MR) is 88.6 cm³/mol. The average Bonchev–Trinajstić information content (AvgIpc) is 2.69. The fourth-order valence-corrected chi connectivity index (χ4v) is 3.05. The molecule has 0 heterocycles. The lowest BCUT2D eigenvalue weighted by Gasteiger charge is -2.16. The minimum Gasteiger partial charge on any atom is -0.313 e. The molecule has 0 spiro atoms. The first-order valence-electron chi connectivity index (χ1n) is 7.83. The second-order valence-electron chi connectivity index (χ2n) is 5.86. The van der Waals surface area contributed by atoms with Gasteiger partial charge in [0.2, 0.25) is 0 Å². The minimum atomic E-state index is 0.534. The van der Waals surface area contributed by atoms with Crippen LogP contribution >= 0.6 is 0 Å². The minimum absolute atomic E-state index is 0.534. The summed E-state index contributed by atoms with van der Waals surface area (Å²) in [5, 5.41) is 3.57. The van der Waals surface area contributed by atoms with Crippen LogP contribution in [-0.4, -0.2) is 6.54 Å². The number of rotatable bonds is 6. The molecule has 1 atom stereocenters. The Morgan fingerprint density at radius 2 is 1.90 bits per heavy atom. The lowest BCUT2D eigenvalue weighted by Crippen LogP contribution is -2.15. The average molecular weight is 269 g/mol. The van der Waals surface area contributed by atoms with Gasteiger partial charge in [0.15, 0.2) is 0 Å². The van der Waals surface area contributed by atoms with E-state index in [0.29, 0.717) is 5.92 Å². The van der Waals surface area contributed by atoms with Crippen molar-refractivity contribution in [3.05, 3.63) is 52.6 Å². The van der Waals surface area contributed by atoms with Crippen LogP contribution in [0.25, 0.3) is 5.57 Å². The van der Waals surface area contributed by atoms with Crippen LogP contribution in [0.1, 0.15) is 51.7 Å². The number of allylic oxidation sites excluding steroid dienone is 4. The van der Waals surface area contributed by atoms with Crippen molar-refractivity contribution >= 4 is 5.57 Å². The molecule has 1 N–H and O–H groups in total. The van der Waals surface area contributed by atoms with Crippen LogP contribution in [0, 0.1) is 5.92 Å². The Hall–Kier alpha value is -1.34. The molecule has 1 aliphatic carbocycles. The first kappa shape index (κ1) is 15.1. The number of hydrogen-bond acceptors (Lipinski definition) is 1. The Morgan fingerprint density at radius 1 is 1.15 bits per heavy atom. The lowest BCUT2D eigenvalue weighted by molar-refractivity contribution is 0.640. The Bertz CT molecular complexity index is 522. The summed E-state index contributed by atoms with van der Waals surface area (Å²) in [5.74, 6) is 0.534. The Kier molecular flexibility index (Phi) is 5.19. The highest BCUT2D eigenvalue weighted by molar-refractivity contribution is 5.79. The van der Waals surface area contributed by atoms with Gasteiger partial charge in [0.1, 0.15) is 0 Å². The lowest BCUT2D eigenvalue weighted by atomic mass is 9.91. The molecule has 0 aliphatic heterocycles. The van der Waals surface area contributed by atoms with Gasteiger partial charge < -0.3 is 5.32 Å². The molecule has 1 nitrogen and oxygen atoms in total. The van der Waals surface area contributed by atoms with Crippen molar-refractivity contribution in [3.8, 4) is 0 Å². The van der Waals surface area contributed by atoms with E-state index in [0.717, 1.165) is 13.1 Å². The first-order valence-corrected chi connectivity index (χ1v) is 7.83. The molecule has 0 fully saturated rings. The maximum Gasteiger partial charge on any atom is 0.0211 e. The normalized spacial score (nSPS) is 18.6. The SMILES string of the molecule is CCCCNCc1ccccc1C1=C(C)C(C)=CC1C. The third-order valence-electron chi connectivity index (χ3n) is 4.28. The van der Waals surface area contributed by atoms with Crippen molar-refractivity contribution in [3.63, 3.8) is 0 Å². The van der Waals surface area contributed by atoms with E-state index in [1.165, 1.54) is 40.7 Å². The van der Waals surface area contributed by atoms with Crippen LogP contribution in [0.3, 0.4) is 0 Å². The van der Waals surface area contributed by atoms with Gasteiger partial charge in [0.05, 0.1) is 0 Å². The molecule has 1 aromatic carbocycles. The van der Waals surface area contributed by atoms with Crippen molar-refractivity contribution in [1.29, 1.82) is 0 Å². The van der Waals surface area contributed by atoms with Gasteiger partial charge in [-0.2, -0.15) is 0 Å². The van der Waals surface area contributed by atoms with Crippen molar-refractivity contribution in [2.75, 3.05) is 6.54 Å². The molecule has 1 aliphatic rings. The highest BCUT2D eigenvalue weighted by atomic mass is 14.8. The summed E-state index contributed by atoms with van der Waals surface area (Å²) in [6, 6.07) is 8.84. The van der Waals surface area contributed by atoms with E-state index in [9.17, 15) is 0 Å². The molecule has 0 aromatic heterocycles. The largest absolute Gasteiger partial charge is 0.313 e. The third kappa shape index (κ3) is 3.21. The summed E-state index contributed by atoms with van der Waals surface area (Å²) in [6.07, 6.45) is 4.88. The smallest absolute Gasteiger partial charge is 0.0211 e. The summed E-state index contributed by atoms with van der Waals surface area (Å²) in [7, 11) is 0. The molecule has 20 heavy (non-hydrogen) atoms. The number of unbranched alkanes of at least 4 members (excludes halogenated alkanes) is 1. The van der Waals surface area contributed by atoms with Gasteiger partial charge in [0, 0.05) is 12.5 Å². The monoisotopic (exact) mass is 269 g/mol. The highest BCUT2D eigenvalue weighted by Crippen LogP contribution is 2.38. The molecule has 0 radical (unpaired) electrons. The van der Waals surface area contributed by atoms with Crippen LogP contribution in [0.15, 0.2) is 41.5 Å². The molecule has 0 saturated heterocycles. The molecule has 1 heteroatoms. The molecule has 0 amide bonds. The van der Waals surface area contributed by atoms with Gasteiger partial charge >= 0.3 is 0 Å². The van der Waals surface area contributed by atoms with E-state index in [4.69, 9.17) is 0 Å². The van der Waals surface area contributed by atoms with Gasteiger partial charge in [-0.1, -0.05) is 56.2 Å². The van der Waals surface area contributed by atoms with Crippen LogP contribution < -0.4 is 5.32 Å². The van der Waals surface area contributed by atoms with Crippen molar-refractivity contribution < 1.29 is 0 Å². The fraction of sp³-hybridized carbons (Fsp3) is 0.474. The molecule has 108 valence electrons. The topological polar surface area (TPSA) is 12.0 Å². The van der Waals surface area contributed by atoms with Crippen molar-refractivity contribution in [1.82, 2.24) is 5.32 Å². The Morgan fingerprint density at radius 3 is 2.55 bits per heavy atom. The molecule has 1 aromatic rings. The van der Waals surface area contributed by atoms with E-state index in [-0.39, 0.29) is 0 Å². The standard InChI is InChI=1S/C19H27N/c1-5-6-11-20-13-17-9-7-8-10-18(17)19-15(3)12-14(2)16(19)4/h7-10,12,15,20H,5-6,11,13H2,1-4H3. The molecular formula is C19H27N. The van der Waals surface area contributed by atoms with Gasteiger partial charge in [-0.05, 0) is 49.1 Å². The number of benzene rings is 1. The second kappa shape index (κ2) is 6.90. The van der Waals surface area contributed by atoms with Gasteiger partial charge in [-0.3, -0.25) is 0 Å². The van der Waals surface area contributed by atoms with E-state index in [1.807, 2.05) is 0 Å². The van der Waals surface area contributed by atoms with Crippen LogP contribution in [0.5, 0.6) is 0 Å². The summed E-state index contributed by atoms with van der Waals surface area (Å²) < 4.78 is 0. The molecular weight excluding hydrogens is 242 g/mol. The maximum atomic E-state index is 3.57. The molecule has 0 bridgehead atoms. The van der Waals surface area contributed by atoms with Crippen molar-refractivity contribution in [2.45, 2.75) is 47.1 Å². The number of nitrogens with one attached hydrogen (secondary N) is 1. The van der Waals surface area contributed by atoms with Gasteiger partial charge in [0.25, 0.3) is 0 Å². The molecule has 2 rings (SSSR count). The van der Waals surface area contributed by atoms with Crippen LogP contribution in [0.4, 0.5) is 0 Å². The third-order valence-corrected chi connectivity index (χ3v) is 4.28. The van der Waals surface area contributed by atoms with E-state index in [2.05, 4.69) is 63.4 Å². The zero-order valence-corrected chi connectivity index (χ0v) is 13.3. The van der Waals surface area contributed by atoms with Gasteiger partial charge in [-0.15, -0.1) is 0 Å². The summed E-state index contributed by atoms with van der Waals surface area (Å²) in [4.78, 5) is 0. The molecule has 1 unspecified atom stereocenters. The Labute approximate surface area is 123 Å². The zero-order chi connectivity index (χ0) is 14.5. The summed E-state index contributed by atoms with van der Waals surface area (Å²) in [6.45, 7) is 11.1. The fourth-order valence-electron chi connectivity index (χ4n) is 3.05. The number of hydrogen-bond donors (Lipinski definition) is 1. The van der Waals surface area contributed by atoms with Gasteiger partial charge in [-0.25, -0.2) is 0 Å². The Balaban J connectivity index is 2.21. The summed E-state index contributed by atoms with van der Waals surface area (Å²) in [5.41, 5.74) is 7.25. The van der Waals surface area contributed by atoms with E-state index < -0.39 is 0 Å². The van der Waals surface area contributed by atoms with Crippen LogP contribution in [0.2, 0.25) is 0 Å². The van der Waals surface area contributed by atoms with E-state index in [1.54, 1.807) is 0 Å². The quantitative estimate of drug-likeness (QED) is 0.721. The van der Waals surface area contributed by atoms with Crippen LogP contribution in [-0.2, 0) is 6.54 Å². The summed E-state index contributed by atoms with van der Waals surface area (Å²) >= 11 is 0. The maximum absolute atomic E-state index is 3.57. The highest BCUT2D eigenvalue weighted by Gasteiger charge is 2.21. The second-order valence-corrected chi connectivity index (χ2v) is 5.86. The predicted octanol–water partition coefficient (Wildman–Crippen LogP) is 4.95. The van der Waals surface area contributed by atoms with Crippen molar-refractivity contribution in [2.24, 2.45) is 5.92 Å². The first-order chi connectivity index (χ1) is 9.65. The molecule has 0 saturated carbocycles. The van der Waals surface area contributed by atoms with E-state index >= 15 is 0 Å².